The van der Waals surface area contributed by atoms with Gasteiger partial charge in [-0.3, -0.25) is 4.79 Å². The molecule has 1 aromatic carbocycles. The molecule has 5 aliphatic rings. The number of hydrogen-bond acceptors (Lipinski definition) is 8. The Morgan fingerprint density at radius 1 is 1.14 bits per heavy atom. The molecule has 0 radical (unpaired) electrons. The number of benzene rings is 1. The van der Waals surface area contributed by atoms with Crippen LogP contribution in [0.5, 0.6) is 0 Å². The quantitative estimate of drug-likeness (QED) is 0.426. The number of fused-ring (bicyclic) bond motifs is 4. The highest BCUT2D eigenvalue weighted by Crippen LogP contribution is 2.73. The second-order valence-corrected chi connectivity index (χ2v) is 12.0. The monoisotopic (exact) mass is 498 g/mol. The molecular formula is C28H34O8. The zero-order chi connectivity index (χ0) is 25.8. The predicted octanol–water partition coefficient (Wildman–Crippen LogP) is 1.80. The molecule has 1 aliphatic heterocycles. The number of ketones is 1. The minimum absolute atomic E-state index is 0.0120. The van der Waals surface area contributed by atoms with E-state index in [0.29, 0.717) is 29.6 Å². The van der Waals surface area contributed by atoms with Crippen LogP contribution in [0.25, 0.3) is 0 Å². The van der Waals surface area contributed by atoms with Gasteiger partial charge in [0.05, 0.1) is 24.4 Å². The van der Waals surface area contributed by atoms with Crippen LogP contribution >= 0.6 is 0 Å². The normalized spacial score (nSPS) is 46.4. The first-order valence-electron chi connectivity index (χ1n) is 12.7. The molecule has 8 heteroatoms. The zero-order valence-corrected chi connectivity index (χ0v) is 21.1. The smallest absolute Gasteiger partial charge is 0.338 e. The Labute approximate surface area is 210 Å². The number of aliphatic hydroxyl groups is 3. The molecule has 3 saturated carbocycles. The van der Waals surface area contributed by atoms with Crippen molar-refractivity contribution in [3.8, 4) is 0 Å². The van der Waals surface area contributed by atoms with Gasteiger partial charge in [-0.05, 0) is 49.0 Å². The van der Waals surface area contributed by atoms with Crippen LogP contribution in [0.2, 0.25) is 0 Å². The number of esters is 1. The van der Waals surface area contributed by atoms with Crippen molar-refractivity contribution < 1.29 is 39.1 Å². The molecule has 1 aromatic rings. The second-order valence-electron chi connectivity index (χ2n) is 12.0. The van der Waals surface area contributed by atoms with Gasteiger partial charge in [0.15, 0.2) is 5.78 Å². The van der Waals surface area contributed by atoms with Crippen molar-refractivity contribution in [3.63, 3.8) is 0 Å². The van der Waals surface area contributed by atoms with E-state index < -0.39 is 58.3 Å². The van der Waals surface area contributed by atoms with Gasteiger partial charge >= 0.3 is 5.97 Å². The molecule has 194 valence electrons. The Morgan fingerprint density at radius 2 is 1.83 bits per heavy atom. The van der Waals surface area contributed by atoms with Crippen LogP contribution < -0.4 is 0 Å². The minimum Gasteiger partial charge on any atom is -0.455 e. The maximum absolute atomic E-state index is 14.4. The van der Waals surface area contributed by atoms with E-state index in [-0.39, 0.29) is 24.7 Å². The molecule has 8 nitrogen and oxygen atoms in total. The molecule has 0 amide bonds. The van der Waals surface area contributed by atoms with Crippen molar-refractivity contribution in [2.24, 2.45) is 22.7 Å². The van der Waals surface area contributed by atoms with Gasteiger partial charge in [0, 0.05) is 30.3 Å². The molecule has 6 rings (SSSR count). The summed E-state index contributed by atoms with van der Waals surface area (Å²) in [5, 5.41) is 35.7. The lowest BCUT2D eigenvalue weighted by molar-refractivity contribution is -0.319. The lowest BCUT2D eigenvalue weighted by Gasteiger charge is -2.63. The maximum Gasteiger partial charge on any atom is 0.338 e. The number of Topliss-reactive ketones (excluding diaryl/α,β-unsaturated/α-hetero) is 1. The van der Waals surface area contributed by atoms with Gasteiger partial charge in [-0.1, -0.05) is 32.0 Å². The average molecular weight is 499 g/mol. The third-order valence-electron chi connectivity index (χ3n) is 10.2. The fraction of sp³-hybridized carbons (Fsp3) is 0.643. The van der Waals surface area contributed by atoms with Crippen molar-refractivity contribution in [1.29, 1.82) is 0 Å². The van der Waals surface area contributed by atoms with E-state index in [9.17, 15) is 24.9 Å². The first-order valence-corrected chi connectivity index (χ1v) is 12.7. The number of carbonyl (C=O) groups is 2. The van der Waals surface area contributed by atoms with Crippen molar-refractivity contribution in [1.82, 2.24) is 0 Å². The number of hydrogen-bond donors (Lipinski definition) is 3. The number of rotatable bonds is 3. The summed E-state index contributed by atoms with van der Waals surface area (Å²) in [6.07, 6.45) is -2.91. The zero-order valence-electron chi connectivity index (χ0n) is 21.1. The van der Waals surface area contributed by atoms with Crippen LogP contribution in [-0.4, -0.2) is 76.4 Å². The summed E-state index contributed by atoms with van der Waals surface area (Å²) in [5.41, 5.74) is -3.96. The molecule has 0 aromatic heterocycles. The van der Waals surface area contributed by atoms with E-state index >= 15 is 0 Å². The summed E-state index contributed by atoms with van der Waals surface area (Å²) >= 11 is 0. The third-order valence-corrected chi connectivity index (χ3v) is 10.2. The van der Waals surface area contributed by atoms with Crippen LogP contribution in [0.3, 0.4) is 0 Å². The number of methoxy groups -OCH3 is 1. The van der Waals surface area contributed by atoms with E-state index in [1.54, 1.807) is 51.1 Å². The Hall–Kier alpha value is -2.10. The topological polar surface area (TPSA) is 123 Å². The van der Waals surface area contributed by atoms with Gasteiger partial charge in [0.2, 0.25) is 0 Å². The fourth-order valence-corrected chi connectivity index (χ4v) is 8.06. The van der Waals surface area contributed by atoms with Crippen LogP contribution in [0.15, 0.2) is 41.5 Å². The standard InChI is InChI=1S/C28H34O8/c1-14-17(29)12-28(33)23(36-24(31)15-8-6-5-7-9-15)21-26(11-16(26)10-18-27(21,32)13-35-18)22(30)20(34-4)19(14)25(28,2)3/h5-9,16-18,20-21,23,29,32-33H,10-13H2,1-4H3/t16-,17+,18-,20-,21+,23+,26-,27+,28-/m1/s1. The number of carbonyl (C=O) groups excluding carboxylic acids is 2. The highest BCUT2D eigenvalue weighted by molar-refractivity contribution is 5.96. The largest absolute Gasteiger partial charge is 0.455 e. The number of aliphatic hydroxyl groups excluding tert-OH is 1. The molecule has 3 N–H and O–H groups in total. The van der Waals surface area contributed by atoms with E-state index in [0.717, 1.165) is 0 Å². The molecule has 0 unspecified atom stereocenters. The molecule has 36 heavy (non-hydrogen) atoms. The fourth-order valence-electron chi connectivity index (χ4n) is 8.06. The molecule has 1 heterocycles. The van der Waals surface area contributed by atoms with Gasteiger partial charge in [-0.15, -0.1) is 0 Å². The highest BCUT2D eigenvalue weighted by Gasteiger charge is 2.82. The lowest BCUT2D eigenvalue weighted by atomic mass is 9.48. The molecule has 4 fully saturated rings. The summed E-state index contributed by atoms with van der Waals surface area (Å²) < 4.78 is 17.7. The molecular weight excluding hydrogens is 464 g/mol. The Morgan fingerprint density at radius 3 is 2.44 bits per heavy atom. The van der Waals surface area contributed by atoms with E-state index in [2.05, 4.69) is 0 Å². The first kappa shape index (κ1) is 24.2. The molecule has 4 aliphatic carbocycles. The van der Waals surface area contributed by atoms with Gasteiger partial charge < -0.3 is 29.5 Å². The molecule has 9 atom stereocenters. The minimum atomic E-state index is -1.79. The summed E-state index contributed by atoms with van der Waals surface area (Å²) in [4.78, 5) is 27.8. The summed E-state index contributed by atoms with van der Waals surface area (Å²) in [6, 6.07) is 8.47. The van der Waals surface area contributed by atoms with Gasteiger partial charge in [0.1, 0.15) is 23.4 Å². The first-order chi connectivity index (χ1) is 16.9. The second kappa shape index (κ2) is 7.48. The van der Waals surface area contributed by atoms with E-state index in [1.807, 2.05) is 0 Å². The Balaban J connectivity index is 1.59. The molecule has 2 bridgehead atoms. The van der Waals surface area contributed by atoms with Crippen LogP contribution in [0.1, 0.15) is 50.4 Å². The van der Waals surface area contributed by atoms with E-state index in [1.165, 1.54) is 7.11 Å². The SMILES string of the molecule is CO[C@H]1C(=O)[C@]23C[C@H]2C[C@H]2OC[C@@]2(O)[C@H]3[C@H](OC(=O)c2ccccc2)[C@]2(O)C[C@H](O)C(C)=C1C2(C)C. The highest BCUT2D eigenvalue weighted by atomic mass is 16.6. The van der Waals surface area contributed by atoms with E-state index in [4.69, 9.17) is 14.2 Å². The average Bonchev–Trinajstić information content (AvgIpc) is 3.57. The number of ether oxygens (including phenoxy) is 3. The Kier molecular flexibility index (Phi) is 5.04. The van der Waals surface area contributed by atoms with Crippen molar-refractivity contribution >= 4 is 11.8 Å². The Bertz CT molecular complexity index is 1160. The lowest BCUT2D eigenvalue weighted by Crippen LogP contribution is -2.77. The molecule has 1 spiro atoms. The van der Waals surface area contributed by atoms with Crippen molar-refractivity contribution in [2.45, 2.75) is 75.7 Å². The third kappa shape index (κ3) is 2.77. The van der Waals surface area contributed by atoms with Crippen LogP contribution in [-0.2, 0) is 19.0 Å². The van der Waals surface area contributed by atoms with Gasteiger partial charge in [-0.25, -0.2) is 4.79 Å². The summed E-state index contributed by atoms with van der Waals surface area (Å²) in [6.45, 7) is 5.34. The summed E-state index contributed by atoms with van der Waals surface area (Å²) in [5.74, 6) is -1.82. The van der Waals surface area contributed by atoms with Crippen LogP contribution in [0, 0.1) is 22.7 Å². The predicted molar refractivity (Wildman–Crippen MR) is 127 cm³/mol. The van der Waals surface area contributed by atoms with Crippen molar-refractivity contribution in [2.75, 3.05) is 13.7 Å². The summed E-state index contributed by atoms with van der Waals surface area (Å²) in [7, 11) is 1.46. The van der Waals surface area contributed by atoms with Crippen LogP contribution in [0.4, 0.5) is 0 Å². The van der Waals surface area contributed by atoms with Gasteiger partial charge in [-0.2, -0.15) is 0 Å². The van der Waals surface area contributed by atoms with Crippen molar-refractivity contribution in [3.05, 3.63) is 47.0 Å². The maximum atomic E-state index is 14.4. The molecule has 1 saturated heterocycles. The van der Waals surface area contributed by atoms with Gasteiger partial charge in [0.25, 0.3) is 0 Å².